The van der Waals surface area contributed by atoms with Gasteiger partial charge in [0.15, 0.2) is 0 Å². The van der Waals surface area contributed by atoms with Crippen LogP contribution in [-0.4, -0.2) is 32.7 Å². The molecule has 1 N–H and O–H groups in total. The fourth-order valence-electron chi connectivity index (χ4n) is 3.63. The van der Waals surface area contributed by atoms with Crippen molar-refractivity contribution in [3.8, 4) is 0 Å². The van der Waals surface area contributed by atoms with Crippen LogP contribution < -0.4 is 9.62 Å². The summed E-state index contributed by atoms with van der Waals surface area (Å²) in [6.45, 7) is 5.51. The van der Waals surface area contributed by atoms with Gasteiger partial charge in [-0.3, -0.25) is 9.10 Å². The molecule has 1 amide bonds. The van der Waals surface area contributed by atoms with Crippen LogP contribution in [0.15, 0.2) is 18.2 Å². The highest BCUT2D eigenvalue weighted by Gasteiger charge is 2.30. The Labute approximate surface area is 151 Å². The Balaban J connectivity index is 2.23. The van der Waals surface area contributed by atoms with Crippen molar-refractivity contribution in [3.05, 3.63) is 29.3 Å². The van der Waals surface area contributed by atoms with Crippen LogP contribution in [0.4, 0.5) is 5.69 Å². The zero-order valence-electron chi connectivity index (χ0n) is 15.7. The summed E-state index contributed by atoms with van der Waals surface area (Å²) in [5.41, 5.74) is 2.49. The third-order valence-electron chi connectivity index (χ3n) is 4.75. The Morgan fingerprint density at radius 3 is 2.08 bits per heavy atom. The number of nitrogens with zero attached hydrogens (tertiary/aromatic N) is 1. The maximum absolute atomic E-state index is 12.7. The van der Waals surface area contributed by atoms with Crippen LogP contribution >= 0.6 is 0 Å². The standard InChI is InChI=1S/C19H30N2O3S/c1-14-11-15(2)13-18(12-14)21(25(4,23)24)16(3)19(22)20-17-9-7-5-6-8-10-17/h11-13,16-17H,5-10H2,1-4H3,(H,20,22)/t16-/m1/s1. The molecule has 1 aromatic carbocycles. The van der Waals surface area contributed by atoms with E-state index in [1.807, 2.05) is 32.0 Å². The molecule has 2 rings (SSSR count). The van der Waals surface area contributed by atoms with E-state index >= 15 is 0 Å². The third kappa shape index (κ3) is 5.46. The third-order valence-corrected chi connectivity index (χ3v) is 5.99. The number of amides is 1. The van der Waals surface area contributed by atoms with Crippen LogP contribution in [0, 0.1) is 13.8 Å². The maximum atomic E-state index is 12.7. The van der Waals surface area contributed by atoms with E-state index in [2.05, 4.69) is 5.32 Å². The molecule has 0 radical (unpaired) electrons. The van der Waals surface area contributed by atoms with Gasteiger partial charge >= 0.3 is 0 Å². The SMILES string of the molecule is Cc1cc(C)cc(N([C@H](C)C(=O)NC2CCCCCC2)S(C)(=O)=O)c1. The molecule has 1 saturated carbocycles. The van der Waals surface area contributed by atoms with Gasteiger partial charge in [0.05, 0.1) is 11.9 Å². The van der Waals surface area contributed by atoms with Crippen molar-refractivity contribution >= 4 is 21.6 Å². The second kappa shape index (κ2) is 8.21. The molecule has 0 spiro atoms. The molecule has 0 aromatic heterocycles. The van der Waals surface area contributed by atoms with E-state index < -0.39 is 16.1 Å². The van der Waals surface area contributed by atoms with Crippen molar-refractivity contribution in [2.24, 2.45) is 0 Å². The number of nitrogens with one attached hydrogen (secondary N) is 1. The smallest absolute Gasteiger partial charge is 0.243 e. The van der Waals surface area contributed by atoms with Gasteiger partial charge in [0.1, 0.15) is 6.04 Å². The van der Waals surface area contributed by atoms with Gasteiger partial charge in [-0.1, -0.05) is 31.7 Å². The Kier molecular flexibility index (Phi) is 6.49. The highest BCUT2D eigenvalue weighted by atomic mass is 32.2. The predicted molar refractivity (Wildman–Crippen MR) is 102 cm³/mol. The van der Waals surface area contributed by atoms with Crippen molar-refractivity contribution in [2.45, 2.75) is 71.4 Å². The van der Waals surface area contributed by atoms with Crippen LogP contribution in [0.1, 0.15) is 56.6 Å². The molecule has 0 heterocycles. The van der Waals surface area contributed by atoms with Crippen LogP contribution in [0.2, 0.25) is 0 Å². The normalized spacial score (nSPS) is 17.6. The lowest BCUT2D eigenvalue weighted by Crippen LogP contribution is -2.50. The number of hydrogen-bond acceptors (Lipinski definition) is 3. The lowest BCUT2D eigenvalue weighted by molar-refractivity contribution is -0.122. The Morgan fingerprint density at radius 2 is 1.60 bits per heavy atom. The fourth-order valence-corrected chi connectivity index (χ4v) is 4.79. The van der Waals surface area contributed by atoms with Gasteiger partial charge in [0.2, 0.25) is 15.9 Å². The van der Waals surface area contributed by atoms with Crippen LogP contribution in [0.5, 0.6) is 0 Å². The van der Waals surface area contributed by atoms with E-state index in [-0.39, 0.29) is 11.9 Å². The molecular weight excluding hydrogens is 336 g/mol. The van der Waals surface area contributed by atoms with Crippen molar-refractivity contribution < 1.29 is 13.2 Å². The number of carbonyl (C=O) groups excluding carboxylic acids is 1. The van der Waals surface area contributed by atoms with Crippen LogP contribution in [0.25, 0.3) is 0 Å². The van der Waals surface area contributed by atoms with Gasteiger partial charge in [-0.25, -0.2) is 8.42 Å². The quantitative estimate of drug-likeness (QED) is 0.813. The number of carbonyl (C=O) groups is 1. The highest BCUT2D eigenvalue weighted by molar-refractivity contribution is 7.92. The topological polar surface area (TPSA) is 66.5 Å². The number of aryl methyl sites for hydroxylation is 2. The zero-order chi connectivity index (χ0) is 18.6. The van der Waals surface area contributed by atoms with Crippen molar-refractivity contribution in [2.75, 3.05) is 10.6 Å². The minimum atomic E-state index is -3.57. The molecule has 5 nitrogen and oxygen atoms in total. The Morgan fingerprint density at radius 1 is 1.08 bits per heavy atom. The predicted octanol–water partition coefficient (Wildman–Crippen LogP) is 3.30. The molecule has 6 heteroatoms. The first kappa shape index (κ1) is 19.8. The average Bonchev–Trinajstić information content (AvgIpc) is 2.73. The Bertz CT molecular complexity index is 687. The largest absolute Gasteiger partial charge is 0.352 e. The van der Waals surface area contributed by atoms with Gasteiger partial charge in [0, 0.05) is 6.04 Å². The molecule has 1 aromatic rings. The maximum Gasteiger partial charge on any atom is 0.243 e. The molecule has 1 fully saturated rings. The van der Waals surface area contributed by atoms with Gasteiger partial charge in [-0.05, 0) is 56.9 Å². The minimum Gasteiger partial charge on any atom is -0.352 e. The Hall–Kier alpha value is -1.56. The molecule has 0 saturated heterocycles. The summed E-state index contributed by atoms with van der Waals surface area (Å²) >= 11 is 0. The summed E-state index contributed by atoms with van der Waals surface area (Å²) in [6.07, 6.45) is 7.75. The van der Waals surface area contributed by atoms with E-state index in [0.717, 1.165) is 43.1 Å². The first-order valence-corrected chi connectivity index (χ1v) is 10.9. The summed E-state index contributed by atoms with van der Waals surface area (Å²) in [4.78, 5) is 12.7. The highest BCUT2D eigenvalue weighted by Crippen LogP contribution is 2.24. The minimum absolute atomic E-state index is 0.151. The molecule has 1 aliphatic rings. The fraction of sp³-hybridized carbons (Fsp3) is 0.632. The second-order valence-electron chi connectivity index (χ2n) is 7.28. The van der Waals surface area contributed by atoms with Crippen LogP contribution in [0.3, 0.4) is 0 Å². The number of anilines is 1. The number of sulfonamides is 1. The number of rotatable bonds is 5. The second-order valence-corrected chi connectivity index (χ2v) is 9.14. The molecule has 0 bridgehead atoms. The number of benzene rings is 1. The van der Waals surface area contributed by atoms with E-state index in [1.165, 1.54) is 17.1 Å². The van der Waals surface area contributed by atoms with E-state index in [1.54, 1.807) is 6.92 Å². The van der Waals surface area contributed by atoms with E-state index in [0.29, 0.717) is 5.69 Å². The molecule has 1 aliphatic carbocycles. The van der Waals surface area contributed by atoms with E-state index in [4.69, 9.17) is 0 Å². The zero-order valence-corrected chi connectivity index (χ0v) is 16.5. The van der Waals surface area contributed by atoms with Gasteiger partial charge < -0.3 is 5.32 Å². The molecule has 140 valence electrons. The summed E-state index contributed by atoms with van der Waals surface area (Å²) in [6, 6.07) is 4.98. The monoisotopic (exact) mass is 366 g/mol. The average molecular weight is 367 g/mol. The summed E-state index contributed by atoms with van der Waals surface area (Å²) < 4.78 is 26.0. The van der Waals surface area contributed by atoms with Crippen molar-refractivity contribution in [1.82, 2.24) is 5.32 Å². The molecule has 1 atom stereocenters. The first-order valence-electron chi connectivity index (χ1n) is 9.06. The van der Waals surface area contributed by atoms with E-state index in [9.17, 15) is 13.2 Å². The van der Waals surface area contributed by atoms with Gasteiger partial charge in [0.25, 0.3) is 0 Å². The van der Waals surface area contributed by atoms with Gasteiger partial charge in [-0.2, -0.15) is 0 Å². The summed E-state index contributed by atoms with van der Waals surface area (Å²) in [5.74, 6) is -0.225. The first-order chi connectivity index (χ1) is 11.7. The molecule has 0 unspecified atom stereocenters. The van der Waals surface area contributed by atoms with Crippen molar-refractivity contribution in [1.29, 1.82) is 0 Å². The molecule has 0 aliphatic heterocycles. The number of hydrogen-bond donors (Lipinski definition) is 1. The lowest BCUT2D eigenvalue weighted by Gasteiger charge is -2.30. The van der Waals surface area contributed by atoms with Gasteiger partial charge in [-0.15, -0.1) is 0 Å². The lowest BCUT2D eigenvalue weighted by atomic mass is 10.1. The molecular formula is C19H30N2O3S. The summed E-state index contributed by atoms with van der Waals surface area (Å²) in [5, 5.41) is 3.07. The molecule has 25 heavy (non-hydrogen) atoms. The van der Waals surface area contributed by atoms with Crippen molar-refractivity contribution in [3.63, 3.8) is 0 Å². The summed E-state index contributed by atoms with van der Waals surface area (Å²) in [7, 11) is -3.57. The van der Waals surface area contributed by atoms with Crippen LogP contribution in [-0.2, 0) is 14.8 Å².